The first-order valence-electron chi connectivity index (χ1n) is 14.0. The Bertz CT molecular complexity index is 1060. The summed E-state index contributed by atoms with van der Waals surface area (Å²) in [5.41, 5.74) is 3.18. The topological polar surface area (TPSA) is 83.1 Å². The van der Waals surface area contributed by atoms with Gasteiger partial charge in [-0.05, 0) is 89.1 Å². The van der Waals surface area contributed by atoms with Crippen LogP contribution in [0.3, 0.4) is 0 Å². The van der Waals surface area contributed by atoms with Crippen LogP contribution in [0.15, 0.2) is 58.8 Å². The van der Waals surface area contributed by atoms with Crippen LogP contribution in [0, 0.1) is 6.57 Å². The number of hydrogen-bond acceptors (Lipinski definition) is 7. The van der Waals surface area contributed by atoms with Crippen LogP contribution >= 0.6 is 8.53 Å². The van der Waals surface area contributed by atoms with Crippen molar-refractivity contribution in [1.82, 2.24) is 9.99 Å². The number of hydrogen-bond donors (Lipinski definition) is 1. The largest absolute Gasteiger partial charge is 0.378 e. The van der Waals surface area contributed by atoms with Gasteiger partial charge in [0.1, 0.15) is 6.61 Å². The number of carbonyl (C=O) groups is 1. The first-order chi connectivity index (χ1) is 19.2. The molecule has 0 saturated carbocycles. The molecule has 2 rings (SSSR count). The van der Waals surface area contributed by atoms with E-state index in [0.717, 1.165) is 37.1 Å². The molecule has 40 heavy (non-hydrogen) atoms. The number of amides is 1. The van der Waals surface area contributed by atoms with E-state index in [1.54, 1.807) is 24.3 Å². The zero-order valence-corrected chi connectivity index (χ0v) is 25.7. The van der Waals surface area contributed by atoms with E-state index in [1.165, 1.54) is 0 Å². The zero-order valence-electron chi connectivity index (χ0n) is 24.8. The smallest absolute Gasteiger partial charge is 0.259 e. The lowest BCUT2D eigenvalue weighted by molar-refractivity contribution is 0.0952. The molecule has 0 aliphatic heterocycles. The van der Waals surface area contributed by atoms with Gasteiger partial charge >= 0.3 is 0 Å². The molecule has 0 aliphatic rings. The van der Waals surface area contributed by atoms with Crippen LogP contribution in [0.25, 0.3) is 4.85 Å². The van der Waals surface area contributed by atoms with Crippen LogP contribution in [0.5, 0.6) is 0 Å². The Morgan fingerprint density at radius 2 is 1.43 bits per heavy atom. The average Bonchev–Trinajstić information content (AvgIpc) is 2.93. The van der Waals surface area contributed by atoms with Crippen LogP contribution in [0.2, 0.25) is 0 Å². The van der Waals surface area contributed by atoms with Crippen LogP contribution in [0.4, 0.5) is 17.1 Å². The van der Waals surface area contributed by atoms with Crippen molar-refractivity contribution < 1.29 is 13.8 Å². The molecule has 0 bridgehead atoms. The summed E-state index contributed by atoms with van der Waals surface area (Å²) in [6.45, 7) is 17.5. The highest BCUT2D eigenvalue weighted by Crippen LogP contribution is 2.45. The third-order valence-corrected chi connectivity index (χ3v) is 8.09. The van der Waals surface area contributed by atoms with Crippen molar-refractivity contribution in [3.8, 4) is 0 Å². The minimum atomic E-state index is -1.18. The van der Waals surface area contributed by atoms with Crippen molar-refractivity contribution in [1.29, 1.82) is 0 Å². The Morgan fingerprint density at radius 3 is 1.98 bits per heavy atom. The lowest BCUT2D eigenvalue weighted by Gasteiger charge is -2.35. The molecule has 218 valence electrons. The first-order valence-corrected chi connectivity index (χ1v) is 15.1. The second-order valence-corrected chi connectivity index (χ2v) is 11.6. The fourth-order valence-electron chi connectivity index (χ4n) is 3.95. The third kappa shape index (κ3) is 12.1. The number of anilines is 1. The van der Waals surface area contributed by atoms with Gasteiger partial charge in [0.2, 0.25) is 6.54 Å². The minimum Gasteiger partial charge on any atom is -0.378 e. The fourth-order valence-corrected chi connectivity index (χ4v) is 5.57. The molecular weight excluding hydrogens is 523 g/mol. The summed E-state index contributed by atoms with van der Waals surface area (Å²) in [6.07, 6.45) is 3.86. The summed E-state index contributed by atoms with van der Waals surface area (Å²) in [5.74, 6) is -0.0873. The second kappa shape index (κ2) is 18.5. The number of rotatable bonds is 18. The van der Waals surface area contributed by atoms with Gasteiger partial charge in [0, 0.05) is 44.0 Å². The number of nitrogens with zero attached hydrogens (tertiary/aromatic N) is 5. The summed E-state index contributed by atoms with van der Waals surface area (Å²) < 4.78 is 14.3. The average molecular weight is 569 g/mol. The minimum absolute atomic E-state index is 0.0873. The predicted octanol–water partition coefficient (Wildman–Crippen LogP) is 7.76. The van der Waals surface area contributed by atoms with E-state index in [-0.39, 0.29) is 5.91 Å². The maximum atomic E-state index is 12.5. The van der Waals surface area contributed by atoms with E-state index < -0.39 is 8.53 Å². The van der Waals surface area contributed by atoms with E-state index in [2.05, 4.69) is 52.8 Å². The van der Waals surface area contributed by atoms with Crippen molar-refractivity contribution in [3.05, 3.63) is 65.5 Å². The molecule has 2 aromatic rings. The molecule has 1 amide bonds. The van der Waals surface area contributed by atoms with Crippen LogP contribution < -0.4 is 10.2 Å². The summed E-state index contributed by atoms with van der Waals surface area (Å²) in [5, 5.41) is 11.5. The van der Waals surface area contributed by atoms with Crippen molar-refractivity contribution >= 4 is 31.5 Å². The number of azo groups is 1. The van der Waals surface area contributed by atoms with Crippen molar-refractivity contribution in [2.24, 2.45) is 10.2 Å². The Kier molecular flexibility index (Phi) is 15.4. The fraction of sp³-hybridized carbons (Fsp3) is 0.533. The van der Waals surface area contributed by atoms with Crippen LogP contribution in [-0.4, -0.2) is 63.1 Å². The summed E-state index contributed by atoms with van der Waals surface area (Å²) in [7, 11) is 2.81. The second-order valence-electron chi connectivity index (χ2n) is 10.2. The molecule has 0 radical (unpaired) electrons. The van der Waals surface area contributed by atoms with E-state index in [9.17, 15) is 4.79 Å². The highest BCUT2D eigenvalue weighted by molar-refractivity contribution is 7.44. The Hall–Kier alpha value is -2.89. The normalized spacial score (nSPS) is 12.3. The molecule has 9 nitrogen and oxygen atoms in total. The maximum absolute atomic E-state index is 12.5. The van der Waals surface area contributed by atoms with E-state index >= 15 is 0 Å². The SMILES string of the molecule is [C-]#[N+]CCOP(OCCCCCCNC(=O)c1ccc(/N=N/c2ccc(N(C)C)cc2)cc1)N(C(C)C)C(C)C. The third-order valence-electron chi connectivity index (χ3n) is 5.99. The first kappa shape index (κ1) is 33.3. The van der Waals surface area contributed by atoms with E-state index in [4.69, 9.17) is 15.6 Å². The molecule has 2 aromatic carbocycles. The molecule has 10 heteroatoms. The highest BCUT2D eigenvalue weighted by Gasteiger charge is 2.27. The van der Waals surface area contributed by atoms with E-state index in [1.807, 2.05) is 43.3 Å². The zero-order chi connectivity index (χ0) is 29.3. The number of carbonyl (C=O) groups excluding carboxylic acids is 1. The molecule has 1 N–H and O–H groups in total. The molecule has 0 spiro atoms. The van der Waals surface area contributed by atoms with Crippen LogP contribution in [0.1, 0.15) is 63.7 Å². The molecule has 0 aromatic heterocycles. The number of nitrogens with one attached hydrogen (secondary N) is 1. The number of unbranched alkanes of at least 4 members (excludes halogenated alkanes) is 3. The summed E-state index contributed by atoms with van der Waals surface area (Å²) >= 11 is 0. The Labute approximate surface area is 241 Å². The van der Waals surface area contributed by atoms with Crippen molar-refractivity contribution in [3.63, 3.8) is 0 Å². The van der Waals surface area contributed by atoms with Crippen molar-refractivity contribution in [2.45, 2.75) is 65.5 Å². The van der Waals surface area contributed by atoms with Gasteiger partial charge in [-0.2, -0.15) is 10.2 Å². The lowest BCUT2D eigenvalue weighted by Crippen LogP contribution is -2.33. The molecule has 1 atom stereocenters. The molecule has 0 aliphatic carbocycles. The molecule has 0 fully saturated rings. The van der Waals surface area contributed by atoms with Gasteiger partial charge in [-0.3, -0.25) is 4.79 Å². The predicted molar refractivity (Wildman–Crippen MR) is 165 cm³/mol. The highest BCUT2D eigenvalue weighted by atomic mass is 31.2. The Morgan fingerprint density at radius 1 is 0.875 bits per heavy atom. The van der Waals surface area contributed by atoms with Crippen molar-refractivity contribution in [2.75, 3.05) is 45.3 Å². The Balaban J connectivity index is 1.67. The van der Waals surface area contributed by atoms with Gasteiger partial charge in [0.25, 0.3) is 14.4 Å². The standard InChI is InChI=1S/C30H45N6O3P/c1-24(2)36(25(3)4)40(39-23-21-31-5)38-22-11-9-8-10-20-32-30(37)26-12-14-27(15-13-26)33-34-28-16-18-29(19-17-28)35(6)7/h12-19,24-25H,8-11,20-23H2,1-4,6-7H3,(H,32,37)/b34-33+. The van der Waals surface area contributed by atoms with Crippen LogP contribution in [-0.2, 0) is 9.05 Å². The quantitative estimate of drug-likeness (QED) is 0.0860. The molecule has 0 heterocycles. The molecule has 0 saturated heterocycles. The van der Waals surface area contributed by atoms with Gasteiger partial charge in [-0.25, -0.2) is 11.2 Å². The monoisotopic (exact) mass is 568 g/mol. The van der Waals surface area contributed by atoms with Gasteiger partial charge < -0.3 is 24.1 Å². The maximum Gasteiger partial charge on any atom is 0.259 e. The molecular formula is C30H45N6O3P. The summed E-state index contributed by atoms with van der Waals surface area (Å²) in [6, 6.07) is 15.6. The van der Waals surface area contributed by atoms with E-state index in [0.29, 0.717) is 49.6 Å². The number of benzene rings is 2. The van der Waals surface area contributed by atoms with Gasteiger partial charge in [-0.1, -0.05) is 12.8 Å². The van der Waals surface area contributed by atoms with Gasteiger partial charge in [0.15, 0.2) is 0 Å². The van der Waals surface area contributed by atoms with Gasteiger partial charge in [-0.15, -0.1) is 0 Å². The summed E-state index contributed by atoms with van der Waals surface area (Å²) in [4.78, 5) is 17.9. The van der Waals surface area contributed by atoms with Gasteiger partial charge in [0.05, 0.1) is 18.0 Å². The molecule has 1 unspecified atom stereocenters. The lowest BCUT2D eigenvalue weighted by atomic mass is 10.2.